The first kappa shape index (κ1) is 5.96. The molecule has 0 aromatic rings. The molecule has 2 rings (SSSR count). The molecule has 0 bridgehead atoms. The molecule has 0 N–H and O–H groups in total. The van der Waals surface area contributed by atoms with E-state index in [1.165, 1.54) is 24.1 Å². The van der Waals surface area contributed by atoms with Crippen LogP contribution in [0, 0.1) is 0 Å². The number of rotatable bonds is 0. The largest absolute Gasteiger partial charge is 0.189 e. The van der Waals surface area contributed by atoms with Gasteiger partial charge in [0.2, 0.25) is 0 Å². The average molecular weight is 135 g/mol. The third-order valence-electron chi connectivity index (χ3n) is 2.05. The van der Waals surface area contributed by atoms with Crippen molar-refractivity contribution >= 4 is 5.71 Å². The normalized spacial score (nSPS) is 24.0. The minimum atomic E-state index is 0.898. The highest BCUT2D eigenvalue weighted by molar-refractivity contribution is 6.01. The van der Waals surface area contributed by atoms with Crippen LogP contribution >= 0.6 is 0 Å². The molecule has 2 nitrogen and oxygen atoms in total. The van der Waals surface area contributed by atoms with Crippen LogP contribution < -0.4 is 5.43 Å². The zero-order valence-electron chi connectivity index (χ0n) is 6.01. The molecule has 0 fully saturated rings. The lowest BCUT2D eigenvalue weighted by Gasteiger charge is -2.18. The molecule has 0 saturated heterocycles. The first-order chi connectivity index (χ1) is 4.97. The van der Waals surface area contributed by atoms with Crippen molar-refractivity contribution in [2.45, 2.75) is 25.7 Å². The van der Waals surface area contributed by atoms with E-state index < -0.39 is 0 Å². The summed E-state index contributed by atoms with van der Waals surface area (Å²) >= 11 is 0. The third-order valence-corrected chi connectivity index (χ3v) is 2.05. The van der Waals surface area contributed by atoms with Crippen molar-refractivity contribution in [3.63, 3.8) is 0 Å². The van der Waals surface area contributed by atoms with Crippen molar-refractivity contribution in [2.75, 3.05) is 6.54 Å². The van der Waals surface area contributed by atoms with Gasteiger partial charge >= 0.3 is 0 Å². The zero-order valence-corrected chi connectivity index (χ0v) is 6.01. The van der Waals surface area contributed by atoms with Crippen molar-refractivity contribution in [3.05, 3.63) is 11.6 Å². The Morgan fingerprint density at radius 1 is 1.30 bits per heavy atom. The van der Waals surface area contributed by atoms with Gasteiger partial charge in [-0.3, -0.25) is 0 Å². The molecule has 1 radical (unpaired) electrons. The van der Waals surface area contributed by atoms with Gasteiger partial charge < -0.3 is 0 Å². The Balaban J connectivity index is 2.25. The van der Waals surface area contributed by atoms with Gasteiger partial charge in [-0.2, -0.15) is 10.5 Å². The molecule has 0 atom stereocenters. The number of hydrogen-bond acceptors (Lipinski definition) is 1. The third kappa shape index (κ3) is 0.939. The maximum absolute atomic E-state index is 4.12. The molecule has 0 aromatic heterocycles. The van der Waals surface area contributed by atoms with Gasteiger partial charge in [-0.05, 0) is 31.3 Å². The standard InChI is InChI=1S/C8H11N2/c1-2-4-8-7(3-1)5-6-9-10-8/h3H,1-2,4-6H2. The van der Waals surface area contributed by atoms with Crippen LogP contribution in [0.3, 0.4) is 0 Å². The van der Waals surface area contributed by atoms with Crippen molar-refractivity contribution in [1.82, 2.24) is 5.43 Å². The average Bonchev–Trinajstić information content (AvgIpc) is 2.05. The molecule has 1 heterocycles. The van der Waals surface area contributed by atoms with E-state index in [4.69, 9.17) is 0 Å². The lowest BCUT2D eigenvalue weighted by Crippen LogP contribution is -2.19. The van der Waals surface area contributed by atoms with Crippen LogP contribution in [0.1, 0.15) is 25.7 Å². The zero-order chi connectivity index (χ0) is 6.81. The Bertz CT molecular complexity index is 169. The lowest BCUT2D eigenvalue weighted by molar-refractivity contribution is 0.673. The minimum Gasteiger partial charge on any atom is -0.189 e. The maximum Gasteiger partial charge on any atom is 0.0655 e. The van der Waals surface area contributed by atoms with E-state index in [1.807, 2.05) is 0 Å². The van der Waals surface area contributed by atoms with Gasteiger partial charge in [0.05, 0.1) is 12.3 Å². The predicted molar refractivity (Wildman–Crippen MR) is 41.0 cm³/mol. The Labute approximate surface area is 61.0 Å². The fourth-order valence-corrected chi connectivity index (χ4v) is 1.49. The van der Waals surface area contributed by atoms with E-state index in [9.17, 15) is 0 Å². The fourth-order valence-electron chi connectivity index (χ4n) is 1.49. The summed E-state index contributed by atoms with van der Waals surface area (Å²) in [7, 11) is 0. The van der Waals surface area contributed by atoms with Crippen LogP contribution in [0.4, 0.5) is 0 Å². The maximum atomic E-state index is 4.12. The lowest BCUT2D eigenvalue weighted by atomic mass is 9.94. The van der Waals surface area contributed by atoms with Gasteiger partial charge in [0, 0.05) is 0 Å². The van der Waals surface area contributed by atoms with Gasteiger partial charge in [0.25, 0.3) is 0 Å². The van der Waals surface area contributed by atoms with Crippen molar-refractivity contribution < 1.29 is 0 Å². The van der Waals surface area contributed by atoms with Crippen molar-refractivity contribution in [3.8, 4) is 0 Å². The quantitative estimate of drug-likeness (QED) is 0.481. The van der Waals surface area contributed by atoms with E-state index >= 15 is 0 Å². The summed E-state index contributed by atoms with van der Waals surface area (Å²) in [6, 6.07) is 0. The van der Waals surface area contributed by atoms with Crippen LogP contribution in [-0.4, -0.2) is 12.3 Å². The molecular weight excluding hydrogens is 124 g/mol. The summed E-state index contributed by atoms with van der Waals surface area (Å²) in [5.41, 5.74) is 6.72. The van der Waals surface area contributed by atoms with Gasteiger partial charge in [0.15, 0.2) is 0 Å². The van der Waals surface area contributed by atoms with Crippen LogP contribution in [0.25, 0.3) is 0 Å². The first-order valence-corrected chi connectivity index (χ1v) is 3.89. The summed E-state index contributed by atoms with van der Waals surface area (Å²) in [5, 5.41) is 4.12. The van der Waals surface area contributed by atoms with E-state index in [1.54, 1.807) is 0 Å². The molecule has 10 heavy (non-hydrogen) atoms. The van der Waals surface area contributed by atoms with Crippen LogP contribution in [0.15, 0.2) is 16.8 Å². The molecule has 1 aliphatic heterocycles. The first-order valence-electron chi connectivity index (χ1n) is 3.89. The van der Waals surface area contributed by atoms with E-state index in [2.05, 4.69) is 16.6 Å². The van der Waals surface area contributed by atoms with Gasteiger partial charge in [-0.15, -0.1) is 0 Å². The second-order valence-corrected chi connectivity index (χ2v) is 2.78. The highest BCUT2D eigenvalue weighted by atomic mass is 15.3. The van der Waals surface area contributed by atoms with Gasteiger partial charge in [0.1, 0.15) is 0 Å². The summed E-state index contributed by atoms with van der Waals surface area (Å²) < 4.78 is 0. The van der Waals surface area contributed by atoms with E-state index in [0.29, 0.717) is 0 Å². The molecule has 0 saturated carbocycles. The predicted octanol–water partition coefficient (Wildman–Crippen LogP) is 1.46. The van der Waals surface area contributed by atoms with Crippen molar-refractivity contribution in [2.24, 2.45) is 5.10 Å². The molecular formula is C8H11N2. The van der Waals surface area contributed by atoms with Crippen LogP contribution in [0.2, 0.25) is 0 Å². The van der Waals surface area contributed by atoms with Crippen molar-refractivity contribution in [1.29, 1.82) is 0 Å². The number of allylic oxidation sites excluding steroid dienone is 1. The molecule has 1 aliphatic carbocycles. The molecule has 0 aromatic carbocycles. The van der Waals surface area contributed by atoms with Crippen LogP contribution in [-0.2, 0) is 0 Å². The number of nitrogens with zero attached hydrogens (tertiary/aromatic N) is 2. The molecule has 0 amide bonds. The summed E-state index contributed by atoms with van der Waals surface area (Å²) in [5.74, 6) is 0. The Morgan fingerprint density at radius 3 is 3.20 bits per heavy atom. The molecule has 0 unspecified atom stereocenters. The molecule has 53 valence electrons. The Morgan fingerprint density at radius 2 is 2.30 bits per heavy atom. The van der Waals surface area contributed by atoms with E-state index in [0.717, 1.165) is 19.4 Å². The number of hydrogen-bond donors (Lipinski definition) is 0. The second kappa shape index (κ2) is 2.45. The fraction of sp³-hybridized carbons (Fsp3) is 0.625. The highest BCUT2D eigenvalue weighted by Gasteiger charge is 2.14. The summed E-state index contributed by atoms with van der Waals surface area (Å²) in [6.45, 7) is 0.898. The van der Waals surface area contributed by atoms with E-state index in [-0.39, 0.29) is 0 Å². The SMILES string of the molecule is C1=C2CC[N]N=C2CCC1. The summed E-state index contributed by atoms with van der Waals surface area (Å²) in [4.78, 5) is 0. The minimum absolute atomic E-state index is 0.898. The number of fused-ring (bicyclic) bond motifs is 1. The topological polar surface area (TPSA) is 26.5 Å². The van der Waals surface area contributed by atoms with Gasteiger partial charge in [-0.25, -0.2) is 0 Å². The Hall–Kier alpha value is -0.790. The van der Waals surface area contributed by atoms with Crippen LogP contribution in [0.5, 0.6) is 0 Å². The monoisotopic (exact) mass is 135 g/mol. The Kier molecular flexibility index (Phi) is 1.46. The smallest absolute Gasteiger partial charge is 0.0655 e. The molecule has 2 aliphatic rings. The highest BCUT2D eigenvalue weighted by Crippen LogP contribution is 2.19. The van der Waals surface area contributed by atoms with Gasteiger partial charge in [-0.1, -0.05) is 6.08 Å². The second-order valence-electron chi connectivity index (χ2n) is 2.78. The molecule has 2 heteroatoms. The molecule has 0 spiro atoms. The summed E-state index contributed by atoms with van der Waals surface area (Å²) in [6.07, 6.45) is 7.09.